The lowest BCUT2D eigenvalue weighted by molar-refractivity contribution is -0.113. The average Bonchev–Trinajstić information content (AvgIpc) is 3.15. The Morgan fingerprint density at radius 1 is 1.00 bits per heavy atom. The largest absolute Gasteiger partial charge is 0.410 e. The van der Waals surface area contributed by atoms with Gasteiger partial charge in [0.2, 0.25) is 5.91 Å². The van der Waals surface area contributed by atoms with Crippen LogP contribution >= 0.6 is 11.8 Å². The minimum atomic E-state index is -0.146. The molecule has 0 fully saturated rings. The normalized spacial score (nSPS) is 10.9. The van der Waals surface area contributed by atoms with E-state index in [1.165, 1.54) is 11.8 Å². The van der Waals surface area contributed by atoms with Crippen molar-refractivity contribution >= 4 is 34.4 Å². The Kier molecular flexibility index (Phi) is 4.80. The summed E-state index contributed by atoms with van der Waals surface area (Å²) in [6.45, 7) is 1.85. The number of aromatic nitrogens is 4. The molecule has 27 heavy (non-hydrogen) atoms. The number of hydrogen-bond acceptors (Lipinski definition) is 7. The minimum Gasteiger partial charge on any atom is -0.410 e. The van der Waals surface area contributed by atoms with E-state index in [1.54, 1.807) is 0 Å². The molecule has 2 aromatic carbocycles. The second-order valence-electron chi connectivity index (χ2n) is 5.72. The molecule has 8 heteroatoms. The lowest BCUT2D eigenvalue weighted by atomic mass is 10.2. The second kappa shape index (κ2) is 7.55. The van der Waals surface area contributed by atoms with Gasteiger partial charge in [-0.25, -0.2) is 9.97 Å². The van der Waals surface area contributed by atoms with Crippen molar-refractivity contribution in [1.82, 2.24) is 20.2 Å². The molecule has 0 radical (unpaired) electrons. The summed E-state index contributed by atoms with van der Waals surface area (Å²) in [4.78, 5) is 21.1. The molecule has 7 nitrogen and oxygen atoms in total. The predicted molar refractivity (Wildman–Crippen MR) is 103 cm³/mol. The molecule has 0 saturated heterocycles. The van der Waals surface area contributed by atoms with Crippen molar-refractivity contribution in [2.24, 2.45) is 0 Å². The maximum absolute atomic E-state index is 12.0. The molecule has 4 rings (SSSR count). The molecular weight excluding hydrogens is 362 g/mol. The Balaban J connectivity index is 1.46. The number of benzene rings is 2. The summed E-state index contributed by atoms with van der Waals surface area (Å²) in [6, 6.07) is 16.9. The zero-order chi connectivity index (χ0) is 18.6. The maximum Gasteiger partial charge on any atom is 0.277 e. The van der Waals surface area contributed by atoms with Crippen molar-refractivity contribution in [1.29, 1.82) is 0 Å². The van der Waals surface area contributed by atoms with Crippen molar-refractivity contribution < 1.29 is 9.21 Å². The number of carbonyl (C=O) groups excluding carboxylic acids is 1. The van der Waals surface area contributed by atoms with Gasteiger partial charge in [0, 0.05) is 5.69 Å². The van der Waals surface area contributed by atoms with Crippen LogP contribution in [0.15, 0.2) is 64.2 Å². The summed E-state index contributed by atoms with van der Waals surface area (Å²) in [5.74, 6) is 0.308. The molecule has 1 N–H and O–H groups in total. The van der Waals surface area contributed by atoms with Gasteiger partial charge in [0.15, 0.2) is 0 Å². The Labute approximate surface area is 159 Å². The van der Waals surface area contributed by atoms with Crippen molar-refractivity contribution in [3.05, 3.63) is 60.3 Å². The summed E-state index contributed by atoms with van der Waals surface area (Å²) < 4.78 is 5.66. The van der Waals surface area contributed by atoms with E-state index >= 15 is 0 Å². The smallest absolute Gasteiger partial charge is 0.277 e. The number of nitrogens with one attached hydrogen (secondary N) is 1. The van der Waals surface area contributed by atoms with E-state index in [4.69, 9.17) is 4.42 Å². The van der Waals surface area contributed by atoms with Crippen LogP contribution in [0.2, 0.25) is 0 Å². The summed E-state index contributed by atoms with van der Waals surface area (Å²) in [5.41, 5.74) is 3.56. The van der Waals surface area contributed by atoms with Crippen LogP contribution in [0.1, 0.15) is 5.69 Å². The molecule has 0 unspecified atom stereocenters. The number of nitrogens with zero attached hydrogens (tertiary/aromatic N) is 4. The van der Waals surface area contributed by atoms with Gasteiger partial charge in [0.05, 0.1) is 22.5 Å². The topological polar surface area (TPSA) is 93.8 Å². The highest BCUT2D eigenvalue weighted by Gasteiger charge is 2.16. The standard InChI is InChI=1S/C19H15N5O2S/c1-12-17(22-15-10-6-5-9-14(15)20-12)18-23-24-19(26-18)27-11-16(25)21-13-7-3-2-4-8-13/h2-10H,11H2,1H3,(H,21,25). The van der Waals surface area contributed by atoms with Gasteiger partial charge < -0.3 is 9.73 Å². The fourth-order valence-corrected chi connectivity index (χ4v) is 3.06. The van der Waals surface area contributed by atoms with Crippen molar-refractivity contribution in [2.45, 2.75) is 12.1 Å². The molecular formula is C19H15N5O2S. The van der Waals surface area contributed by atoms with Crippen LogP contribution in [0.5, 0.6) is 0 Å². The van der Waals surface area contributed by atoms with Gasteiger partial charge in [-0.1, -0.05) is 42.1 Å². The number of fused-ring (bicyclic) bond motifs is 1. The van der Waals surface area contributed by atoms with Crippen LogP contribution in [0, 0.1) is 6.92 Å². The molecule has 0 aliphatic heterocycles. The molecule has 2 aromatic heterocycles. The monoisotopic (exact) mass is 377 g/mol. The van der Waals surface area contributed by atoms with E-state index in [0.717, 1.165) is 16.7 Å². The average molecular weight is 377 g/mol. The summed E-state index contributed by atoms with van der Waals surface area (Å²) in [6.07, 6.45) is 0. The van der Waals surface area contributed by atoms with Gasteiger partial charge in [-0.3, -0.25) is 4.79 Å². The van der Waals surface area contributed by atoms with Crippen LogP contribution in [0.25, 0.3) is 22.6 Å². The number of rotatable bonds is 5. The first kappa shape index (κ1) is 17.2. The number of hydrogen-bond donors (Lipinski definition) is 1. The SMILES string of the molecule is Cc1nc2ccccc2nc1-c1nnc(SCC(=O)Nc2ccccc2)o1. The number of anilines is 1. The fraction of sp³-hybridized carbons (Fsp3) is 0.105. The molecule has 0 aliphatic rings. The molecule has 0 spiro atoms. The molecule has 0 bridgehead atoms. The quantitative estimate of drug-likeness (QED) is 0.530. The summed E-state index contributed by atoms with van der Waals surface area (Å²) >= 11 is 1.17. The molecule has 0 atom stereocenters. The lowest BCUT2D eigenvalue weighted by Crippen LogP contribution is -2.13. The van der Waals surface area contributed by atoms with E-state index in [9.17, 15) is 4.79 Å². The molecule has 1 amide bonds. The minimum absolute atomic E-state index is 0.146. The summed E-state index contributed by atoms with van der Waals surface area (Å²) in [5, 5.41) is 11.2. The Hall–Kier alpha value is -3.26. The molecule has 0 saturated carbocycles. The third kappa shape index (κ3) is 3.95. The van der Waals surface area contributed by atoms with Crippen LogP contribution < -0.4 is 5.32 Å². The van der Waals surface area contributed by atoms with E-state index in [0.29, 0.717) is 16.6 Å². The van der Waals surface area contributed by atoms with Crippen molar-refractivity contribution in [3.63, 3.8) is 0 Å². The Morgan fingerprint density at radius 3 is 2.48 bits per heavy atom. The lowest BCUT2D eigenvalue weighted by Gasteiger charge is -2.03. The van der Waals surface area contributed by atoms with Crippen LogP contribution in [-0.2, 0) is 4.79 Å². The predicted octanol–water partition coefficient (Wildman–Crippen LogP) is 3.72. The number of para-hydroxylation sites is 3. The van der Waals surface area contributed by atoms with Gasteiger partial charge in [-0.05, 0) is 31.2 Å². The highest BCUT2D eigenvalue weighted by Crippen LogP contribution is 2.25. The highest BCUT2D eigenvalue weighted by atomic mass is 32.2. The first-order chi connectivity index (χ1) is 13.2. The van der Waals surface area contributed by atoms with Crippen LogP contribution in [0.3, 0.4) is 0 Å². The van der Waals surface area contributed by atoms with Gasteiger partial charge in [-0.2, -0.15) is 0 Å². The molecule has 4 aromatic rings. The molecule has 2 heterocycles. The number of carbonyl (C=O) groups is 1. The third-order valence-electron chi connectivity index (χ3n) is 3.74. The van der Waals surface area contributed by atoms with Crippen LogP contribution in [0.4, 0.5) is 5.69 Å². The second-order valence-corrected chi connectivity index (χ2v) is 6.65. The highest BCUT2D eigenvalue weighted by molar-refractivity contribution is 7.99. The van der Waals surface area contributed by atoms with E-state index in [-0.39, 0.29) is 17.6 Å². The first-order valence-electron chi connectivity index (χ1n) is 8.24. The fourth-order valence-electron chi connectivity index (χ4n) is 2.50. The van der Waals surface area contributed by atoms with Gasteiger partial charge in [0.1, 0.15) is 5.69 Å². The maximum atomic E-state index is 12.0. The van der Waals surface area contributed by atoms with Crippen LogP contribution in [-0.4, -0.2) is 31.8 Å². The van der Waals surface area contributed by atoms with Gasteiger partial charge >= 0.3 is 0 Å². The zero-order valence-corrected chi connectivity index (χ0v) is 15.2. The Bertz CT molecular complexity index is 1100. The van der Waals surface area contributed by atoms with Gasteiger partial charge in [0.25, 0.3) is 11.1 Å². The summed E-state index contributed by atoms with van der Waals surface area (Å²) in [7, 11) is 0. The zero-order valence-electron chi connectivity index (χ0n) is 14.4. The van der Waals surface area contributed by atoms with E-state index < -0.39 is 0 Å². The van der Waals surface area contributed by atoms with E-state index in [1.807, 2.05) is 61.5 Å². The van der Waals surface area contributed by atoms with Gasteiger partial charge in [-0.15, -0.1) is 10.2 Å². The number of thioether (sulfide) groups is 1. The van der Waals surface area contributed by atoms with Crippen molar-refractivity contribution in [2.75, 3.05) is 11.1 Å². The number of amides is 1. The first-order valence-corrected chi connectivity index (χ1v) is 9.22. The molecule has 0 aliphatic carbocycles. The third-order valence-corrected chi connectivity index (χ3v) is 4.56. The number of aryl methyl sites for hydroxylation is 1. The molecule has 134 valence electrons. The van der Waals surface area contributed by atoms with Crippen molar-refractivity contribution in [3.8, 4) is 11.6 Å². The van der Waals surface area contributed by atoms with E-state index in [2.05, 4.69) is 25.5 Å². The Morgan fingerprint density at radius 2 is 1.70 bits per heavy atom.